The molecule has 0 unspecified atom stereocenters. The molecular formula is C24H31BrFN3O3. The first-order valence-electron chi connectivity index (χ1n) is 10.5. The van der Waals surface area contributed by atoms with Crippen LogP contribution in [-0.4, -0.2) is 41.3 Å². The summed E-state index contributed by atoms with van der Waals surface area (Å²) in [6.07, 6.45) is 1.56. The fraction of sp³-hybridized carbons (Fsp3) is 0.417. The Labute approximate surface area is 198 Å². The van der Waals surface area contributed by atoms with Crippen molar-refractivity contribution in [2.45, 2.75) is 45.6 Å². The van der Waals surface area contributed by atoms with Gasteiger partial charge in [0.2, 0.25) is 0 Å². The molecule has 0 amide bonds. The highest BCUT2D eigenvalue weighted by Gasteiger charge is 2.28. The number of nitrogens with zero attached hydrogens (tertiary/aromatic N) is 1. The Morgan fingerprint density at radius 1 is 1.25 bits per heavy atom. The largest absolute Gasteiger partial charge is 0.504 e. The van der Waals surface area contributed by atoms with Crippen LogP contribution in [0.4, 0.5) is 4.39 Å². The van der Waals surface area contributed by atoms with E-state index in [4.69, 9.17) is 15.9 Å². The summed E-state index contributed by atoms with van der Waals surface area (Å²) in [6, 6.07) is 7.59. The van der Waals surface area contributed by atoms with Crippen molar-refractivity contribution in [1.29, 1.82) is 5.41 Å². The van der Waals surface area contributed by atoms with Gasteiger partial charge >= 0.3 is 0 Å². The fourth-order valence-electron chi connectivity index (χ4n) is 3.64. The smallest absolute Gasteiger partial charge is 0.182 e. The summed E-state index contributed by atoms with van der Waals surface area (Å²) in [6.45, 7) is 7.18. The first-order chi connectivity index (χ1) is 14.6. The molecule has 3 rings (SSSR count). The second-order valence-electron chi connectivity index (χ2n) is 8.89. The predicted molar refractivity (Wildman–Crippen MR) is 129 cm³/mol. The molecule has 0 atom stereocenters. The molecule has 0 saturated heterocycles. The van der Waals surface area contributed by atoms with E-state index < -0.39 is 11.2 Å². The van der Waals surface area contributed by atoms with E-state index in [1.165, 1.54) is 12.1 Å². The molecule has 0 aromatic heterocycles. The number of carbonyl (C=O) groups is 1. The van der Waals surface area contributed by atoms with Crippen molar-refractivity contribution in [3.63, 3.8) is 0 Å². The van der Waals surface area contributed by atoms with Gasteiger partial charge in [-0.05, 0) is 54.6 Å². The van der Waals surface area contributed by atoms with Gasteiger partial charge < -0.3 is 20.5 Å². The van der Waals surface area contributed by atoms with Crippen LogP contribution >= 0.6 is 17.0 Å². The van der Waals surface area contributed by atoms with E-state index in [0.29, 0.717) is 36.4 Å². The Morgan fingerprint density at radius 2 is 1.97 bits per heavy atom. The fourth-order valence-corrected chi connectivity index (χ4v) is 3.64. The third-order valence-corrected chi connectivity index (χ3v) is 5.40. The molecule has 0 aliphatic carbocycles. The second-order valence-corrected chi connectivity index (χ2v) is 8.89. The van der Waals surface area contributed by atoms with Crippen molar-refractivity contribution in [3.8, 4) is 11.5 Å². The number of phenolic OH excluding ortho intramolecular Hbond substituents is 1. The lowest BCUT2D eigenvalue weighted by Gasteiger charge is -2.24. The number of amidine groups is 1. The highest BCUT2D eigenvalue weighted by Crippen LogP contribution is 2.39. The number of ketones is 1. The third kappa shape index (κ3) is 5.66. The molecule has 1 heterocycles. The van der Waals surface area contributed by atoms with Crippen LogP contribution in [-0.2, 0) is 12.0 Å². The van der Waals surface area contributed by atoms with E-state index >= 15 is 0 Å². The topological polar surface area (TPSA) is 99.6 Å². The number of aromatic hydroxyl groups is 1. The predicted octanol–water partition coefficient (Wildman–Crippen LogP) is 4.55. The van der Waals surface area contributed by atoms with Gasteiger partial charge in [0.05, 0.1) is 13.2 Å². The van der Waals surface area contributed by atoms with Crippen LogP contribution < -0.4 is 10.5 Å². The molecule has 6 nitrogen and oxygen atoms in total. The van der Waals surface area contributed by atoms with E-state index in [2.05, 4.69) is 0 Å². The van der Waals surface area contributed by atoms with E-state index in [1.54, 1.807) is 23.1 Å². The van der Waals surface area contributed by atoms with Gasteiger partial charge in [-0.15, -0.1) is 17.0 Å². The molecule has 2 aromatic rings. The number of benzene rings is 2. The normalized spacial score (nSPS) is 13.0. The molecule has 0 bridgehead atoms. The van der Waals surface area contributed by atoms with E-state index in [0.717, 1.165) is 18.4 Å². The Balaban J connectivity index is 0.00000363. The number of nitrogens with two attached hydrogens (primary N) is 1. The van der Waals surface area contributed by atoms with Crippen LogP contribution in [0.1, 0.15) is 60.7 Å². The van der Waals surface area contributed by atoms with Gasteiger partial charge in [0.1, 0.15) is 11.7 Å². The summed E-state index contributed by atoms with van der Waals surface area (Å²) < 4.78 is 19.3. The summed E-state index contributed by atoms with van der Waals surface area (Å²) in [4.78, 5) is 14.7. The van der Waals surface area contributed by atoms with Crippen LogP contribution in [0.15, 0.2) is 30.3 Å². The summed E-state index contributed by atoms with van der Waals surface area (Å²) in [7, 11) is 0. The molecule has 1 aliphatic rings. The Hall–Kier alpha value is -2.45. The Morgan fingerprint density at radius 3 is 2.62 bits per heavy atom. The highest BCUT2D eigenvalue weighted by molar-refractivity contribution is 8.93. The van der Waals surface area contributed by atoms with E-state index in [9.17, 15) is 14.3 Å². The van der Waals surface area contributed by atoms with Crippen molar-refractivity contribution >= 4 is 28.6 Å². The average Bonchev–Trinajstić information content (AvgIpc) is 3.00. The van der Waals surface area contributed by atoms with Crippen molar-refractivity contribution in [1.82, 2.24) is 4.90 Å². The number of hydrogen-bond acceptors (Lipinski definition) is 5. The van der Waals surface area contributed by atoms with Crippen molar-refractivity contribution in [2.75, 3.05) is 19.7 Å². The molecule has 8 heteroatoms. The maximum absolute atomic E-state index is 13.6. The van der Waals surface area contributed by atoms with E-state index in [1.807, 2.05) is 20.8 Å². The lowest BCUT2D eigenvalue weighted by atomic mass is 9.84. The van der Waals surface area contributed by atoms with Crippen LogP contribution in [0.25, 0.3) is 0 Å². The lowest BCUT2D eigenvalue weighted by molar-refractivity contribution is 0.0962. The molecule has 4 N–H and O–H groups in total. The Kier molecular flexibility index (Phi) is 8.42. The lowest BCUT2D eigenvalue weighted by Crippen LogP contribution is -2.30. The summed E-state index contributed by atoms with van der Waals surface area (Å²) in [5.41, 5.74) is 7.48. The second kappa shape index (κ2) is 10.4. The van der Waals surface area contributed by atoms with Crippen LogP contribution in [0.5, 0.6) is 11.5 Å². The molecule has 1 aliphatic heterocycles. The maximum atomic E-state index is 13.6. The number of ether oxygens (including phenoxy) is 1. The molecule has 0 fully saturated rings. The van der Waals surface area contributed by atoms with Crippen LogP contribution in [0.3, 0.4) is 0 Å². The average molecular weight is 508 g/mol. The summed E-state index contributed by atoms with van der Waals surface area (Å²) >= 11 is 0. The molecule has 0 saturated carbocycles. The molecule has 0 radical (unpaired) electrons. The molecule has 174 valence electrons. The molecule has 32 heavy (non-hydrogen) atoms. The standard InChI is InChI=1S/C24H30FN3O3.BrH/c1-24(2,3)19-10-16(11-21(22(19)30)31-9-5-4-8-26)20(29)14-28-13-15-6-7-17(25)12-18(15)23(28)27;/h6-7,10-12,27,30H,4-5,8-9,13-14,26H2,1-3H3;1H. The number of phenols is 1. The van der Waals surface area contributed by atoms with Gasteiger partial charge in [0, 0.05) is 23.2 Å². The van der Waals surface area contributed by atoms with Gasteiger partial charge in [-0.3, -0.25) is 10.2 Å². The summed E-state index contributed by atoms with van der Waals surface area (Å²) in [5, 5.41) is 19.0. The maximum Gasteiger partial charge on any atom is 0.182 e. The number of fused-ring (bicyclic) bond motifs is 1. The minimum atomic E-state index is -0.401. The third-order valence-electron chi connectivity index (χ3n) is 5.40. The minimum Gasteiger partial charge on any atom is -0.504 e. The zero-order valence-electron chi connectivity index (χ0n) is 18.7. The number of hydrogen-bond donors (Lipinski definition) is 3. The van der Waals surface area contributed by atoms with Crippen molar-refractivity contribution < 1.29 is 19.0 Å². The number of halogens is 2. The van der Waals surface area contributed by atoms with Crippen molar-refractivity contribution in [2.24, 2.45) is 5.73 Å². The van der Waals surface area contributed by atoms with Crippen LogP contribution in [0, 0.1) is 11.2 Å². The minimum absolute atomic E-state index is 0. The first kappa shape index (κ1) is 25.8. The number of rotatable bonds is 8. The van der Waals surface area contributed by atoms with E-state index in [-0.39, 0.29) is 46.6 Å². The van der Waals surface area contributed by atoms with Gasteiger partial charge in [0.25, 0.3) is 0 Å². The molecular weight excluding hydrogens is 477 g/mol. The van der Waals surface area contributed by atoms with Crippen molar-refractivity contribution in [3.05, 3.63) is 58.4 Å². The SMILES string of the molecule is Br.CC(C)(C)c1cc(C(=O)CN2Cc3ccc(F)cc3C2=N)cc(OCCCCN)c1O. The summed E-state index contributed by atoms with van der Waals surface area (Å²) in [5.74, 6) is -0.157. The van der Waals surface area contributed by atoms with Crippen LogP contribution in [0.2, 0.25) is 0 Å². The number of unbranched alkanes of at least 4 members (excludes halogenated alkanes) is 1. The molecule has 0 spiro atoms. The van der Waals surface area contributed by atoms with Gasteiger partial charge in [0.15, 0.2) is 17.3 Å². The number of Topliss-reactive ketones (excluding diaryl/α,β-unsaturated/α-hetero) is 1. The molecule has 2 aromatic carbocycles. The monoisotopic (exact) mass is 507 g/mol. The zero-order valence-corrected chi connectivity index (χ0v) is 20.4. The van der Waals surface area contributed by atoms with Gasteiger partial charge in [-0.2, -0.15) is 0 Å². The number of carbonyl (C=O) groups excluding carboxylic acids is 1. The first-order valence-corrected chi connectivity index (χ1v) is 10.5. The quantitative estimate of drug-likeness (QED) is 0.359. The Bertz CT molecular complexity index is 1000. The van der Waals surface area contributed by atoms with Gasteiger partial charge in [-0.25, -0.2) is 4.39 Å². The zero-order chi connectivity index (χ0) is 22.8. The van der Waals surface area contributed by atoms with Gasteiger partial charge in [-0.1, -0.05) is 26.8 Å². The number of nitrogens with one attached hydrogen (secondary N) is 1. The highest BCUT2D eigenvalue weighted by atomic mass is 79.9.